The molecule has 1 aromatic carbocycles. The second-order valence-electron chi connectivity index (χ2n) is 19.7. The van der Waals surface area contributed by atoms with Gasteiger partial charge in [0.1, 0.15) is 11.7 Å². The van der Waals surface area contributed by atoms with Crippen molar-refractivity contribution in [2.75, 3.05) is 0 Å². The predicted octanol–water partition coefficient (Wildman–Crippen LogP) is 7.95. The fraction of sp³-hybridized carbons (Fsp3) is 0.711. The smallest absolute Gasteiger partial charge is 0.550 e. The number of hydrogen-bond acceptors (Lipinski definition) is 5. The molecule has 2 N–H and O–H groups in total. The fourth-order valence-corrected chi connectivity index (χ4v) is 13.3. The fourth-order valence-electron chi connectivity index (χ4n) is 13.3. The Balaban J connectivity index is 1.30. The van der Waals surface area contributed by atoms with E-state index in [0.29, 0.717) is 40.7 Å². The van der Waals surface area contributed by atoms with E-state index in [2.05, 4.69) is 60.0 Å². The van der Waals surface area contributed by atoms with Gasteiger partial charge in [-0.05, 0) is 142 Å². The Morgan fingerprint density at radius 2 is 1.65 bits per heavy atom. The van der Waals surface area contributed by atoms with E-state index in [1.165, 1.54) is 32.3 Å². The molecule has 0 aromatic heterocycles. The number of carbonyl (C=O) groups excluding carboxylic acids is 3. The lowest BCUT2D eigenvalue weighted by atomic mass is 9.32. The summed E-state index contributed by atoms with van der Waals surface area (Å²) in [5.74, 6) is 7.33. The first-order chi connectivity index (χ1) is 23.6. The maximum Gasteiger partial charge on any atom is 0.550 e. The van der Waals surface area contributed by atoms with Gasteiger partial charge in [-0.15, -0.1) is 0 Å². The number of carboxylic acids is 1. The van der Waals surface area contributed by atoms with Gasteiger partial charge in [-0.3, -0.25) is 4.79 Å². The third-order valence-corrected chi connectivity index (χ3v) is 16.3. The van der Waals surface area contributed by atoms with Crippen LogP contribution in [0.5, 0.6) is 0 Å². The Bertz CT molecular complexity index is 1690. The van der Waals surface area contributed by atoms with Crippen LogP contribution in [0.2, 0.25) is 0 Å². The third-order valence-electron chi connectivity index (χ3n) is 16.3. The van der Waals surface area contributed by atoms with Gasteiger partial charge in [0.05, 0.1) is 6.42 Å². The number of allylic oxidation sites excluding steroid dienone is 1. The molecule has 51 heavy (non-hydrogen) atoms. The predicted molar refractivity (Wildman–Crippen MR) is 198 cm³/mol. The van der Waals surface area contributed by atoms with Crippen molar-refractivity contribution in [2.24, 2.45) is 62.1 Å². The van der Waals surface area contributed by atoms with E-state index in [9.17, 15) is 19.5 Å². The molecular formula is C45H62O6. The van der Waals surface area contributed by atoms with Crippen molar-refractivity contribution in [2.45, 2.75) is 139 Å². The molecule has 6 heteroatoms. The molecule has 0 spiro atoms. The van der Waals surface area contributed by atoms with Gasteiger partial charge in [0.15, 0.2) is 0 Å². The summed E-state index contributed by atoms with van der Waals surface area (Å²) in [5, 5.41) is 19.5. The topological polar surface area (TPSA) is 106 Å². The van der Waals surface area contributed by atoms with E-state index < -0.39 is 23.3 Å². The first kappa shape index (κ1) is 37.7. The lowest BCUT2D eigenvalue weighted by Crippen LogP contribution is -2.66. The number of aliphatic carboxylic acids is 1. The van der Waals surface area contributed by atoms with Gasteiger partial charge in [0.25, 0.3) is 0 Å². The van der Waals surface area contributed by atoms with Crippen LogP contribution in [-0.2, 0) is 14.3 Å². The average molecular weight is 699 g/mol. The highest BCUT2D eigenvalue weighted by Crippen LogP contribution is 2.77. The summed E-state index contributed by atoms with van der Waals surface area (Å²) in [7, 11) is 0. The summed E-state index contributed by atoms with van der Waals surface area (Å²) in [6.07, 6.45) is 10.3. The average Bonchev–Trinajstić information content (AvgIpc) is 3.41. The van der Waals surface area contributed by atoms with Crippen molar-refractivity contribution in [3.63, 3.8) is 0 Å². The van der Waals surface area contributed by atoms with Crippen LogP contribution in [0.1, 0.15) is 148 Å². The number of carboxylic acid groups (broad SMARTS) is 1. The number of hydrogen-bond donors (Lipinski definition) is 0. The van der Waals surface area contributed by atoms with Gasteiger partial charge in [-0.25, -0.2) is 0 Å². The van der Waals surface area contributed by atoms with E-state index >= 15 is 0 Å². The lowest BCUT2D eigenvalue weighted by Gasteiger charge is -2.72. The van der Waals surface area contributed by atoms with E-state index in [-0.39, 0.29) is 39.6 Å². The van der Waals surface area contributed by atoms with Crippen molar-refractivity contribution < 1.29 is 29.3 Å². The van der Waals surface area contributed by atoms with Crippen molar-refractivity contribution in [1.82, 2.24) is 0 Å². The Kier molecular flexibility index (Phi) is 9.25. The highest BCUT2D eigenvalue weighted by Gasteiger charge is 2.71. The molecule has 278 valence electrons. The molecule has 5 aliphatic carbocycles. The number of carbonyl (C=O) groups is 3. The second kappa shape index (κ2) is 12.5. The molecule has 10 atom stereocenters. The summed E-state index contributed by atoms with van der Waals surface area (Å²) in [6, 6.07) is 5.61. The number of aryl methyl sites for hydroxylation is 1. The quantitative estimate of drug-likeness (QED) is 0.130. The van der Waals surface area contributed by atoms with Gasteiger partial charge in [-0.1, -0.05) is 78.5 Å². The summed E-state index contributed by atoms with van der Waals surface area (Å²) >= 11 is 0. The molecule has 0 heterocycles. The first-order valence-corrected chi connectivity index (χ1v) is 19.6. The molecule has 0 radical (unpaired) electrons. The zero-order valence-electron chi connectivity index (χ0n) is 32.7. The van der Waals surface area contributed by atoms with E-state index in [4.69, 9.17) is 9.84 Å². The summed E-state index contributed by atoms with van der Waals surface area (Å²) in [5.41, 5.74) is 2.19. The van der Waals surface area contributed by atoms with Crippen molar-refractivity contribution in [3.8, 4) is 11.8 Å². The van der Waals surface area contributed by atoms with E-state index in [0.717, 1.165) is 56.9 Å². The van der Waals surface area contributed by atoms with Gasteiger partial charge in [0.2, 0.25) is 0 Å². The summed E-state index contributed by atoms with van der Waals surface area (Å²) in [4.78, 5) is 36.9. The number of rotatable bonds is 6. The highest BCUT2D eigenvalue weighted by molar-refractivity contribution is 5.90. The Labute approximate surface area is 306 Å². The summed E-state index contributed by atoms with van der Waals surface area (Å²) in [6.45, 7) is 24.2. The maximum atomic E-state index is 13.1. The zero-order valence-corrected chi connectivity index (χ0v) is 32.7. The lowest BCUT2D eigenvalue weighted by molar-refractivity contribution is -0.318. The largest absolute Gasteiger partial charge is 0.561 e. The molecule has 5 unspecified atom stereocenters. The zero-order chi connectivity index (χ0) is 37.5. The van der Waals surface area contributed by atoms with Crippen LogP contribution in [0.4, 0.5) is 0 Å². The van der Waals surface area contributed by atoms with E-state index in [1.54, 1.807) is 6.07 Å². The van der Waals surface area contributed by atoms with Crippen molar-refractivity contribution >= 4 is 17.9 Å². The van der Waals surface area contributed by atoms with Crippen LogP contribution < -0.4 is 5.11 Å². The monoisotopic (exact) mass is 698 g/mol. The van der Waals surface area contributed by atoms with Gasteiger partial charge in [-0.2, -0.15) is 0 Å². The Morgan fingerprint density at radius 1 is 0.941 bits per heavy atom. The van der Waals surface area contributed by atoms with Gasteiger partial charge in [0, 0.05) is 32.6 Å². The maximum absolute atomic E-state index is 13.1. The molecule has 0 aliphatic heterocycles. The van der Waals surface area contributed by atoms with Crippen molar-refractivity contribution in [1.29, 1.82) is 0 Å². The van der Waals surface area contributed by atoms with Crippen LogP contribution in [0.25, 0.3) is 0 Å². The molecule has 1 aromatic rings. The van der Waals surface area contributed by atoms with Gasteiger partial charge < -0.3 is 19.7 Å². The minimum atomic E-state index is -1.26. The van der Waals surface area contributed by atoms with Crippen LogP contribution in [0.15, 0.2) is 30.4 Å². The number of fused-ring (bicyclic) bond motifs is 7. The molecule has 5 fully saturated rings. The third kappa shape index (κ3) is 5.79. The molecule has 0 amide bonds. The molecular weight excluding hydrogens is 636 g/mol. The second-order valence-corrected chi connectivity index (χ2v) is 19.7. The SMILES string of the molecule is C=C(C)[C@@H]1CCC2(C#Cc3cc(C)ccc3C(=O)[OH2+])CC[C@]3(C)C(CCC4[C@@]5(C)CC[C@H](OC(=O)CC(C)(C)C(=O)[O-])C(C)(C)C5CC[C@]43C)C12. The minimum Gasteiger partial charge on any atom is -0.561 e. The van der Waals surface area contributed by atoms with Crippen LogP contribution in [0.3, 0.4) is 0 Å². The normalized spacial score (nSPS) is 39.5. The number of esters is 1. The first-order valence-electron chi connectivity index (χ1n) is 19.6. The van der Waals surface area contributed by atoms with Crippen molar-refractivity contribution in [3.05, 3.63) is 47.0 Å². The van der Waals surface area contributed by atoms with Gasteiger partial charge >= 0.3 is 11.9 Å². The van der Waals surface area contributed by atoms with Crippen LogP contribution in [-0.4, -0.2) is 29.1 Å². The molecule has 0 bridgehead atoms. The Hall–Kier alpha value is -3.07. The number of ether oxygens (including phenoxy) is 1. The summed E-state index contributed by atoms with van der Waals surface area (Å²) < 4.78 is 6.15. The van der Waals surface area contributed by atoms with E-state index in [1.807, 2.05) is 19.1 Å². The molecule has 0 saturated heterocycles. The standard InChI is InChI=1S/C45H62O6/c1-27(2)30-16-22-45(21-15-29-25-28(3)11-12-31(29)38(47)48)24-23-43(9)32(37(30)45)13-14-34-42(8)19-18-35(51-36(46)26-40(4,5)39(49)50)41(6,7)33(42)17-20-44(34,43)10/h11-12,25,30,32-35,37H,1,13-14,16-20,22-24,26H2,2-10H3,(H,47,48)(H,49,50)/t30-,32?,33?,34?,35-,37?,42-,43+,44+,45?/m0/s1. The number of benzene rings is 1. The molecule has 6 nitrogen and oxygen atoms in total. The molecule has 6 rings (SSSR count). The van der Waals surface area contributed by atoms with Crippen LogP contribution >= 0.6 is 0 Å². The highest BCUT2D eigenvalue weighted by atomic mass is 16.5. The van der Waals surface area contributed by atoms with Crippen LogP contribution in [0, 0.1) is 80.8 Å². The molecule has 5 saturated carbocycles. The minimum absolute atomic E-state index is 0.111. The Morgan fingerprint density at radius 3 is 2.29 bits per heavy atom. The molecule has 5 aliphatic rings.